The molecule has 1 amide bonds. The van der Waals surface area contributed by atoms with Crippen molar-refractivity contribution in [3.63, 3.8) is 0 Å². The lowest BCUT2D eigenvalue weighted by molar-refractivity contribution is 0.102. The Bertz CT molecular complexity index is 1160. The van der Waals surface area contributed by atoms with Gasteiger partial charge in [-0.15, -0.1) is 0 Å². The van der Waals surface area contributed by atoms with Gasteiger partial charge in [0.05, 0.1) is 18.5 Å². The number of anilines is 1. The molecule has 8 heteroatoms. The number of nitrogens with zero attached hydrogens (tertiary/aromatic N) is 5. The fourth-order valence-corrected chi connectivity index (χ4v) is 3.22. The van der Waals surface area contributed by atoms with Crippen LogP contribution in [0, 0.1) is 6.92 Å². The van der Waals surface area contributed by atoms with Crippen LogP contribution in [0.25, 0.3) is 16.9 Å². The second kappa shape index (κ2) is 7.75. The third-order valence-corrected chi connectivity index (χ3v) is 4.69. The van der Waals surface area contributed by atoms with Crippen molar-refractivity contribution in [3.8, 4) is 17.0 Å². The Hall–Kier alpha value is -3.68. The highest BCUT2D eigenvalue weighted by atomic mass is 16.5. The average Bonchev–Trinajstić information content (AvgIpc) is 3.33. The molecule has 0 aliphatic rings. The van der Waals surface area contributed by atoms with Gasteiger partial charge >= 0.3 is 0 Å². The molecule has 0 spiro atoms. The van der Waals surface area contributed by atoms with Crippen molar-refractivity contribution in [2.75, 3.05) is 11.9 Å². The van der Waals surface area contributed by atoms with Gasteiger partial charge in [0.25, 0.3) is 5.91 Å². The fraction of sp³-hybridized carbons (Fsp3) is 0.238. The SMILES string of the molecule is CCOc1ccc(NC(=O)c2cc3nccc(-c4cnn(CC)c4C)n3n2)cc1. The number of nitrogens with one attached hydrogen (secondary N) is 1. The molecule has 0 radical (unpaired) electrons. The van der Waals surface area contributed by atoms with Crippen molar-refractivity contribution >= 4 is 17.2 Å². The molecule has 0 unspecified atom stereocenters. The zero-order chi connectivity index (χ0) is 20.4. The standard InChI is InChI=1S/C21H22N6O2/c1-4-26-14(3)17(13-23-26)19-10-11-22-20-12-18(25-27(19)20)21(28)24-15-6-8-16(9-7-15)29-5-2/h6-13H,4-5H2,1-3H3,(H,24,28). The van der Waals surface area contributed by atoms with Crippen molar-refractivity contribution in [2.45, 2.75) is 27.3 Å². The Morgan fingerprint density at radius 2 is 1.97 bits per heavy atom. The van der Waals surface area contributed by atoms with Gasteiger partial charge in [0.1, 0.15) is 5.75 Å². The van der Waals surface area contributed by atoms with E-state index in [-0.39, 0.29) is 5.91 Å². The Balaban J connectivity index is 1.63. The van der Waals surface area contributed by atoms with E-state index in [0.717, 1.165) is 29.2 Å². The van der Waals surface area contributed by atoms with E-state index in [2.05, 4.69) is 20.5 Å². The zero-order valence-corrected chi connectivity index (χ0v) is 16.6. The maximum atomic E-state index is 12.7. The summed E-state index contributed by atoms with van der Waals surface area (Å²) in [6.07, 6.45) is 3.53. The van der Waals surface area contributed by atoms with Gasteiger partial charge in [0.2, 0.25) is 0 Å². The number of hydrogen-bond acceptors (Lipinski definition) is 5. The summed E-state index contributed by atoms with van der Waals surface area (Å²) in [6.45, 7) is 7.37. The topological polar surface area (TPSA) is 86.3 Å². The number of carbonyl (C=O) groups is 1. The average molecular weight is 390 g/mol. The Labute approximate surface area is 168 Å². The lowest BCUT2D eigenvalue weighted by Gasteiger charge is -2.06. The van der Waals surface area contributed by atoms with Crippen LogP contribution in [-0.2, 0) is 6.54 Å². The molecule has 3 aromatic heterocycles. The number of ether oxygens (including phenoxy) is 1. The number of benzene rings is 1. The Morgan fingerprint density at radius 3 is 2.66 bits per heavy atom. The quantitative estimate of drug-likeness (QED) is 0.544. The number of aryl methyl sites for hydroxylation is 1. The minimum atomic E-state index is -0.299. The Kier molecular flexibility index (Phi) is 4.99. The van der Waals surface area contributed by atoms with E-state index in [9.17, 15) is 4.79 Å². The summed E-state index contributed by atoms with van der Waals surface area (Å²) >= 11 is 0. The maximum Gasteiger partial charge on any atom is 0.276 e. The van der Waals surface area contributed by atoms with Gasteiger partial charge in [-0.1, -0.05) is 0 Å². The molecule has 1 aromatic carbocycles. The lowest BCUT2D eigenvalue weighted by Crippen LogP contribution is -2.12. The van der Waals surface area contributed by atoms with Gasteiger partial charge in [-0.05, 0) is 51.1 Å². The lowest BCUT2D eigenvalue weighted by atomic mass is 10.2. The van der Waals surface area contributed by atoms with Crippen LogP contribution in [0.2, 0.25) is 0 Å². The van der Waals surface area contributed by atoms with Crippen LogP contribution in [0.5, 0.6) is 5.75 Å². The highest BCUT2D eigenvalue weighted by Gasteiger charge is 2.16. The zero-order valence-electron chi connectivity index (χ0n) is 16.6. The van der Waals surface area contributed by atoms with E-state index in [1.54, 1.807) is 28.9 Å². The summed E-state index contributed by atoms with van der Waals surface area (Å²) in [4.78, 5) is 17.0. The van der Waals surface area contributed by atoms with Crippen molar-refractivity contribution in [3.05, 3.63) is 60.2 Å². The van der Waals surface area contributed by atoms with E-state index >= 15 is 0 Å². The van der Waals surface area contributed by atoms with Gasteiger partial charge in [-0.2, -0.15) is 10.2 Å². The molecule has 148 valence electrons. The monoisotopic (exact) mass is 390 g/mol. The van der Waals surface area contributed by atoms with Crippen LogP contribution >= 0.6 is 0 Å². The fourth-order valence-electron chi connectivity index (χ4n) is 3.22. The molecule has 8 nitrogen and oxygen atoms in total. The number of rotatable bonds is 6. The summed E-state index contributed by atoms with van der Waals surface area (Å²) in [6, 6.07) is 10.8. The van der Waals surface area contributed by atoms with E-state index in [1.807, 2.05) is 49.8 Å². The van der Waals surface area contributed by atoms with Crippen LogP contribution in [-0.4, -0.2) is 36.9 Å². The molecular weight excluding hydrogens is 368 g/mol. The molecular formula is C21H22N6O2. The molecule has 4 aromatic rings. The highest BCUT2D eigenvalue weighted by molar-refractivity contribution is 6.03. The molecule has 0 aliphatic heterocycles. The smallest absolute Gasteiger partial charge is 0.276 e. The second-order valence-corrected chi connectivity index (χ2v) is 6.50. The minimum Gasteiger partial charge on any atom is -0.494 e. The second-order valence-electron chi connectivity index (χ2n) is 6.50. The van der Waals surface area contributed by atoms with Gasteiger partial charge in [0, 0.05) is 35.8 Å². The molecule has 0 bridgehead atoms. The van der Waals surface area contributed by atoms with Crippen LogP contribution < -0.4 is 10.1 Å². The van der Waals surface area contributed by atoms with Crippen LogP contribution in [0.3, 0.4) is 0 Å². The van der Waals surface area contributed by atoms with E-state index in [1.165, 1.54) is 0 Å². The third-order valence-electron chi connectivity index (χ3n) is 4.69. The molecule has 0 saturated carbocycles. The van der Waals surface area contributed by atoms with Gasteiger partial charge in [-0.25, -0.2) is 9.50 Å². The summed E-state index contributed by atoms with van der Waals surface area (Å²) in [5.41, 5.74) is 4.40. The number of carbonyl (C=O) groups excluding carboxylic acids is 1. The molecule has 3 heterocycles. The van der Waals surface area contributed by atoms with Gasteiger partial charge < -0.3 is 10.1 Å². The first-order valence-corrected chi connectivity index (χ1v) is 9.52. The number of amides is 1. The highest BCUT2D eigenvalue weighted by Crippen LogP contribution is 2.24. The summed E-state index contributed by atoms with van der Waals surface area (Å²) in [7, 11) is 0. The van der Waals surface area contributed by atoms with Crippen LogP contribution in [0.15, 0.2) is 48.8 Å². The first-order chi connectivity index (χ1) is 14.1. The first-order valence-electron chi connectivity index (χ1n) is 9.52. The normalized spacial score (nSPS) is 11.0. The predicted octanol–water partition coefficient (Wildman–Crippen LogP) is 3.57. The van der Waals surface area contributed by atoms with Crippen molar-refractivity contribution in [1.82, 2.24) is 24.4 Å². The molecule has 0 saturated heterocycles. The predicted molar refractivity (Wildman–Crippen MR) is 110 cm³/mol. The minimum absolute atomic E-state index is 0.291. The largest absolute Gasteiger partial charge is 0.494 e. The first kappa shape index (κ1) is 18.7. The third kappa shape index (κ3) is 3.56. The van der Waals surface area contributed by atoms with E-state index in [4.69, 9.17) is 4.74 Å². The van der Waals surface area contributed by atoms with Crippen molar-refractivity contribution < 1.29 is 9.53 Å². The van der Waals surface area contributed by atoms with Gasteiger partial charge in [-0.3, -0.25) is 9.48 Å². The number of fused-ring (bicyclic) bond motifs is 1. The van der Waals surface area contributed by atoms with Crippen LogP contribution in [0.4, 0.5) is 5.69 Å². The molecule has 1 N–H and O–H groups in total. The number of aromatic nitrogens is 5. The molecule has 0 atom stereocenters. The van der Waals surface area contributed by atoms with Crippen molar-refractivity contribution in [2.24, 2.45) is 0 Å². The summed E-state index contributed by atoms with van der Waals surface area (Å²) in [5.74, 6) is 0.460. The van der Waals surface area contributed by atoms with E-state index < -0.39 is 0 Å². The van der Waals surface area contributed by atoms with Crippen molar-refractivity contribution in [1.29, 1.82) is 0 Å². The Morgan fingerprint density at radius 1 is 1.17 bits per heavy atom. The summed E-state index contributed by atoms with van der Waals surface area (Å²) in [5, 5.41) is 11.7. The molecule has 0 fully saturated rings. The maximum absolute atomic E-state index is 12.7. The number of hydrogen-bond donors (Lipinski definition) is 1. The molecule has 0 aliphatic carbocycles. The van der Waals surface area contributed by atoms with Crippen LogP contribution in [0.1, 0.15) is 30.0 Å². The molecule has 4 rings (SSSR count). The summed E-state index contributed by atoms with van der Waals surface area (Å²) < 4.78 is 9.02. The van der Waals surface area contributed by atoms with E-state index in [0.29, 0.717) is 23.6 Å². The van der Waals surface area contributed by atoms with Gasteiger partial charge in [0.15, 0.2) is 11.3 Å². The molecule has 29 heavy (non-hydrogen) atoms.